The van der Waals surface area contributed by atoms with Gasteiger partial charge in [0.1, 0.15) is 0 Å². The first-order chi connectivity index (χ1) is 7.68. The van der Waals surface area contributed by atoms with Gasteiger partial charge in [0, 0.05) is 42.9 Å². The fourth-order valence-electron chi connectivity index (χ4n) is 1.87. The Labute approximate surface area is 96.7 Å². The number of H-pyrrole nitrogens is 1. The number of rotatable bonds is 4. The van der Waals surface area contributed by atoms with Crippen LogP contribution in [-0.2, 0) is 0 Å². The maximum atomic E-state index is 3.24. The highest BCUT2D eigenvalue weighted by Crippen LogP contribution is 2.24. The van der Waals surface area contributed by atoms with Crippen LogP contribution in [0.2, 0.25) is 0 Å². The summed E-state index contributed by atoms with van der Waals surface area (Å²) in [6.45, 7) is 2.11. The van der Waals surface area contributed by atoms with Gasteiger partial charge >= 0.3 is 0 Å². The largest absolute Gasteiger partial charge is 0.373 e. The minimum atomic E-state index is 1.04. The van der Waals surface area contributed by atoms with Crippen LogP contribution in [0.3, 0.4) is 0 Å². The standard InChI is InChI=1S/C13H19N3/c1-15(2)9-10-16(3)13-6-4-5-12-11(13)7-8-14-12/h4-8,14H,9-10H2,1-3H3. The molecular formula is C13H19N3. The summed E-state index contributed by atoms with van der Waals surface area (Å²) in [5.41, 5.74) is 2.50. The van der Waals surface area contributed by atoms with Gasteiger partial charge in [-0.2, -0.15) is 0 Å². The molecule has 2 rings (SSSR count). The minimum Gasteiger partial charge on any atom is -0.373 e. The Morgan fingerprint density at radius 3 is 2.62 bits per heavy atom. The monoisotopic (exact) mass is 217 g/mol. The van der Waals surface area contributed by atoms with Crippen LogP contribution < -0.4 is 4.90 Å². The van der Waals surface area contributed by atoms with Crippen molar-refractivity contribution in [2.24, 2.45) is 0 Å². The van der Waals surface area contributed by atoms with E-state index in [2.05, 4.69) is 60.2 Å². The molecular weight excluding hydrogens is 198 g/mol. The number of hydrogen-bond donors (Lipinski definition) is 1. The molecule has 3 nitrogen and oxygen atoms in total. The summed E-state index contributed by atoms with van der Waals surface area (Å²) in [6.07, 6.45) is 1.99. The molecule has 0 aliphatic heterocycles. The lowest BCUT2D eigenvalue weighted by Crippen LogP contribution is -2.28. The molecule has 1 aromatic carbocycles. The number of benzene rings is 1. The van der Waals surface area contributed by atoms with Gasteiger partial charge in [0.2, 0.25) is 0 Å². The van der Waals surface area contributed by atoms with E-state index in [-0.39, 0.29) is 0 Å². The second-order valence-corrected chi connectivity index (χ2v) is 4.44. The number of aromatic nitrogens is 1. The fourth-order valence-corrected chi connectivity index (χ4v) is 1.87. The van der Waals surface area contributed by atoms with E-state index < -0.39 is 0 Å². The van der Waals surface area contributed by atoms with Crippen molar-refractivity contribution in [1.29, 1.82) is 0 Å². The van der Waals surface area contributed by atoms with Crippen LogP contribution in [0.4, 0.5) is 5.69 Å². The average molecular weight is 217 g/mol. The van der Waals surface area contributed by atoms with Crippen molar-refractivity contribution in [3.63, 3.8) is 0 Å². The molecule has 1 heterocycles. The zero-order chi connectivity index (χ0) is 11.5. The summed E-state index contributed by atoms with van der Waals surface area (Å²) < 4.78 is 0. The molecule has 0 spiro atoms. The molecule has 1 N–H and O–H groups in total. The van der Waals surface area contributed by atoms with E-state index >= 15 is 0 Å². The summed E-state index contributed by atoms with van der Waals surface area (Å²) in [5.74, 6) is 0. The Hall–Kier alpha value is -1.48. The van der Waals surface area contributed by atoms with Crippen LogP contribution in [0.1, 0.15) is 0 Å². The SMILES string of the molecule is CN(C)CCN(C)c1cccc2[nH]ccc12. The van der Waals surface area contributed by atoms with Gasteiger partial charge in [-0.25, -0.2) is 0 Å². The quantitative estimate of drug-likeness (QED) is 0.848. The van der Waals surface area contributed by atoms with E-state index in [0.29, 0.717) is 0 Å². The first-order valence-electron chi connectivity index (χ1n) is 5.60. The van der Waals surface area contributed by atoms with Gasteiger partial charge in [-0.15, -0.1) is 0 Å². The lowest BCUT2D eigenvalue weighted by Gasteiger charge is -2.22. The van der Waals surface area contributed by atoms with Gasteiger partial charge in [0.15, 0.2) is 0 Å². The highest BCUT2D eigenvalue weighted by molar-refractivity contribution is 5.92. The molecule has 0 amide bonds. The number of anilines is 1. The molecule has 0 unspecified atom stereocenters. The van der Waals surface area contributed by atoms with Crippen molar-refractivity contribution in [3.8, 4) is 0 Å². The molecule has 0 bridgehead atoms. The first kappa shape index (κ1) is 11.0. The van der Waals surface area contributed by atoms with Gasteiger partial charge in [-0.3, -0.25) is 0 Å². The van der Waals surface area contributed by atoms with Crippen molar-refractivity contribution in [2.45, 2.75) is 0 Å². The van der Waals surface area contributed by atoms with E-state index in [1.807, 2.05) is 6.20 Å². The van der Waals surface area contributed by atoms with Crippen LogP contribution >= 0.6 is 0 Å². The molecule has 0 saturated carbocycles. The van der Waals surface area contributed by atoms with Gasteiger partial charge in [-0.05, 0) is 32.3 Å². The molecule has 86 valence electrons. The predicted molar refractivity (Wildman–Crippen MR) is 70.1 cm³/mol. The van der Waals surface area contributed by atoms with Crippen molar-refractivity contribution < 1.29 is 0 Å². The third kappa shape index (κ3) is 2.19. The zero-order valence-electron chi connectivity index (χ0n) is 10.2. The van der Waals surface area contributed by atoms with Gasteiger partial charge in [0.05, 0.1) is 0 Å². The Morgan fingerprint density at radius 2 is 1.88 bits per heavy atom. The van der Waals surface area contributed by atoms with E-state index in [9.17, 15) is 0 Å². The topological polar surface area (TPSA) is 22.3 Å². The number of likely N-dealkylation sites (N-methyl/N-ethyl adjacent to an activating group) is 2. The number of nitrogens with zero attached hydrogens (tertiary/aromatic N) is 2. The normalized spacial score (nSPS) is 11.2. The molecule has 0 aliphatic carbocycles. The maximum Gasteiger partial charge on any atom is 0.0474 e. The van der Waals surface area contributed by atoms with Crippen molar-refractivity contribution in [1.82, 2.24) is 9.88 Å². The van der Waals surface area contributed by atoms with Crippen LogP contribution in [0, 0.1) is 0 Å². The van der Waals surface area contributed by atoms with Crippen LogP contribution in [0.25, 0.3) is 10.9 Å². The molecule has 2 aromatic rings. The Kier molecular flexibility index (Phi) is 3.15. The molecule has 0 atom stereocenters. The fraction of sp³-hybridized carbons (Fsp3) is 0.385. The highest BCUT2D eigenvalue weighted by Gasteiger charge is 2.06. The third-order valence-corrected chi connectivity index (χ3v) is 2.87. The Morgan fingerprint density at radius 1 is 1.06 bits per heavy atom. The molecule has 0 saturated heterocycles. The second-order valence-electron chi connectivity index (χ2n) is 4.44. The third-order valence-electron chi connectivity index (χ3n) is 2.87. The molecule has 3 heteroatoms. The zero-order valence-corrected chi connectivity index (χ0v) is 10.2. The van der Waals surface area contributed by atoms with Crippen molar-refractivity contribution in [3.05, 3.63) is 30.5 Å². The van der Waals surface area contributed by atoms with Crippen LogP contribution in [0.5, 0.6) is 0 Å². The number of hydrogen-bond acceptors (Lipinski definition) is 2. The summed E-state index contributed by atoms with van der Waals surface area (Å²) in [5, 5.41) is 1.30. The maximum absolute atomic E-state index is 3.24. The molecule has 0 aliphatic rings. The number of aromatic amines is 1. The molecule has 0 fully saturated rings. The van der Waals surface area contributed by atoms with E-state index in [1.54, 1.807) is 0 Å². The lowest BCUT2D eigenvalue weighted by molar-refractivity contribution is 0.416. The van der Waals surface area contributed by atoms with Crippen LogP contribution in [-0.4, -0.2) is 44.1 Å². The van der Waals surface area contributed by atoms with E-state index in [4.69, 9.17) is 0 Å². The summed E-state index contributed by atoms with van der Waals surface area (Å²) in [4.78, 5) is 7.75. The number of fused-ring (bicyclic) bond motifs is 1. The molecule has 16 heavy (non-hydrogen) atoms. The highest BCUT2D eigenvalue weighted by atomic mass is 15.2. The smallest absolute Gasteiger partial charge is 0.0474 e. The van der Waals surface area contributed by atoms with E-state index in [0.717, 1.165) is 13.1 Å². The summed E-state index contributed by atoms with van der Waals surface area (Å²) in [6, 6.07) is 8.52. The van der Waals surface area contributed by atoms with Gasteiger partial charge in [0.25, 0.3) is 0 Å². The Balaban J connectivity index is 2.22. The van der Waals surface area contributed by atoms with E-state index in [1.165, 1.54) is 16.6 Å². The van der Waals surface area contributed by atoms with Gasteiger partial charge in [-0.1, -0.05) is 6.07 Å². The van der Waals surface area contributed by atoms with Gasteiger partial charge < -0.3 is 14.8 Å². The minimum absolute atomic E-state index is 1.04. The number of nitrogens with one attached hydrogen (secondary N) is 1. The molecule has 1 aromatic heterocycles. The summed E-state index contributed by atoms with van der Waals surface area (Å²) >= 11 is 0. The lowest BCUT2D eigenvalue weighted by atomic mass is 10.2. The molecule has 0 radical (unpaired) electrons. The predicted octanol–water partition coefficient (Wildman–Crippen LogP) is 2.17. The average Bonchev–Trinajstić information content (AvgIpc) is 2.73. The van der Waals surface area contributed by atoms with Crippen LogP contribution in [0.15, 0.2) is 30.5 Å². The Bertz CT molecular complexity index is 459. The first-order valence-corrected chi connectivity index (χ1v) is 5.60. The second kappa shape index (κ2) is 4.58. The van der Waals surface area contributed by atoms with Crippen molar-refractivity contribution in [2.75, 3.05) is 39.1 Å². The van der Waals surface area contributed by atoms with Crippen molar-refractivity contribution >= 4 is 16.6 Å². The summed E-state index contributed by atoms with van der Waals surface area (Å²) in [7, 11) is 6.35.